The summed E-state index contributed by atoms with van der Waals surface area (Å²) in [6.45, 7) is 0.457. The molecule has 1 unspecified atom stereocenters. The van der Waals surface area contributed by atoms with Crippen LogP contribution in [0.4, 0.5) is 0 Å². The molecule has 0 radical (unpaired) electrons. The van der Waals surface area contributed by atoms with E-state index in [-0.39, 0.29) is 12.1 Å². The number of hydrogen-bond acceptors (Lipinski definition) is 3. The molecule has 1 rings (SSSR count). The number of nitriles is 1. The Bertz CT molecular complexity index is 209. The quantitative estimate of drug-likeness (QED) is 0.653. The third-order valence-corrected chi connectivity index (χ3v) is 1.80. The van der Waals surface area contributed by atoms with Crippen molar-refractivity contribution in [2.24, 2.45) is 0 Å². The van der Waals surface area contributed by atoms with E-state index in [0.717, 1.165) is 6.42 Å². The summed E-state index contributed by atoms with van der Waals surface area (Å²) in [6.07, 6.45) is 1.09. The second kappa shape index (κ2) is 4.32. The highest BCUT2D eigenvalue weighted by molar-refractivity contribution is 4.88. The van der Waals surface area contributed by atoms with E-state index in [4.69, 9.17) is 12.7 Å². The Morgan fingerprint density at radius 1 is 1.91 bits per heavy atom. The maximum Gasteiger partial charge on any atom is 0.0714 e. The molecule has 3 heteroatoms. The van der Waals surface area contributed by atoms with Crippen molar-refractivity contribution in [2.75, 3.05) is 13.1 Å². The first-order chi connectivity index (χ1) is 6.01. The maximum atomic E-state index is 8.44. The van der Waals surface area contributed by atoms with Crippen molar-refractivity contribution in [3.63, 3.8) is 0 Å². The third-order valence-electron chi connectivity index (χ3n) is 1.80. The standard InChI is InChI=1S/C8H14N2O/c1-2-11-8-5-7(3-4-9)10-6-8/h7-8,10H,2-3,5-6H2,1H3/t7?,8-/m1/s1/i2D2. The number of nitrogens with one attached hydrogen (secondary N) is 1. The van der Waals surface area contributed by atoms with Crippen LogP contribution in [0.3, 0.4) is 0 Å². The number of hydrogen-bond donors (Lipinski definition) is 1. The Morgan fingerprint density at radius 3 is 3.36 bits per heavy atom. The molecule has 0 aromatic rings. The van der Waals surface area contributed by atoms with Crippen LogP contribution < -0.4 is 5.32 Å². The lowest BCUT2D eigenvalue weighted by molar-refractivity contribution is 0.0758. The molecule has 2 atom stereocenters. The summed E-state index contributed by atoms with van der Waals surface area (Å²) < 4.78 is 19.6. The molecule has 1 aliphatic rings. The molecule has 1 saturated heterocycles. The van der Waals surface area contributed by atoms with Gasteiger partial charge in [-0.1, -0.05) is 0 Å². The van der Waals surface area contributed by atoms with Gasteiger partial charge in [0, 0.05) is 19.1 Å². The van der Waals surface area contributed by atoms with Crippen molar-refractivity contribution in [3.05, 3.63) is 0 Å². The summed E-state index contributed by atoms with van der Waals surface area (Å²) in [6, 6.07) is 2.25. The first-order valence-corrected chi connectivity index (χ1v) is 3.79. The molecule has 0 saturated carbocycles. The molecule has 11 heavy (non-hydrogen) atoms. The first-order valence-electron chi connectivity index (χ1n) is 4.79. The van der Waals surface area contributed by atoms with E-state index in [1.165, 1.54) is 6.92 Å². The second-order valence-corrected chi connectivity index (χ2v) is 2.65. The normalized spacial score (nSPS) is 34.2. The highest BCUT2D eigenvalue weighted by Crippen LogP contribution is 2.12. The number of ether oxygens (including phenoxy) is 1. The topological polar surface area (TPSA) is 45.0 Å². The van der Waals surface area contributed by atoms with Crippen molar-refractivity contribution in [2.45, 2.75) is 31.9 Å². The maximum absolute atomic E-state index is 8.44. The summed E-state index contributed by atoms with van der Waals surface area (Å²) >= 11 is 0. The molecule has 0 aromatic heterocycles. The minimum atomic E-state index is -1.58. The van der Waals surface area contributed by atoms with Gasteiger partial charge in [0.1, 0.15) is 0 Å². The van der Waals surface area contributed by atoms with Crippen LogP contribution in [0.25, 0.3) is 0 Å². The fourth-order valence-corrected chi connectivity index (χ4v) is 1.30. The molecular formula is C8H14N2O. The number of rotatable bonds is 3. The van der Waals surface area contributed by atoms with Gasteiger partial charge in [-0.2, -0.15) is 5.26 Å². The van der Waals surface area contributed by atoms with E-state index in [2.05, 4.69) is 11.4 Å². The smallest absolute Gasteiger partial charge is 0.0714 e. The van der Waals surface area contributed by atoms with Gasteiger partial charge in [-0.05, 0) is 13.3 Å². The van der Waals surface area contributed by atoms with Crippen molar-refractivity contribution < 1.29 is 7.48 Å². The van der Waals surface area contributed by atoms with Crippen LogP contribution >= 0.6 is 0 Å². The summed E-state index contributed by atoms with van der Waals surface area (Å²) in [7, 11) is 0. The molecular weight excluding hydrogens is 140 g/mol. The SMILES string of the molecule is [2H]C([2H])(C)O[C@H]1CNC(CC#N)C1. The van der Waals surface area contributed by atoms with Gasteiger partial charge in [-0.15, -0.1) is 0 Å². The van der Waals surface area contributed by atoms with E-state index in [9.17, 15) is 0 Å². The zero-order valence-electron chi connectivity index (χ0n) is 8.63. The molecule has 0 aliphatic carbocycles. The Balaban J connectivity index is 2.30. The molecule has 0 bridgehead atoms. The van der Waals surface area contributed by atoms with Crippen LogP contribution in [0.15, 0.2) is 0 Å². The average molecular weight is 156 g/mol. The zero-order chi connectivity index (χ0) is 9.90. The Labute approximate surface area is 70.2 Å². The van der Waals surface area contributed by atoms with E-state index >= 15 is 0 Å². The van der Waals surface area contributed by atoms with E-state index in [0.29, 0.717) is 13.0 Å². The van der Waals surface area contributed by atoms with Gasteiger partial charge in [0.05, 0.1) is 21.3 Å². The van der Waals surface area contributed by atoms with Gasteiger partial charge in [0.2, 0.25) is 0 Å². The molecule has 0 aromatic carbocycles. The van der Waals surface area contributed by atoms with Crippen LogP contribution in [-0.2, 0) is 4.74 Å². The largest absolute Gasteiger partial charge is 0.377 e. The molecule has 3 nitrogen and oxygen atoms in total. The summed E-state index contributed by atoms with van der Waals surface area (Å²) in [5.41, 5.74) is 0. The lowest BCUT2D eigenvalue weighted by Gasteiger charge is -2.07. The van der Waals surface area contributed by atoms with Crippen LogP contribution in [0.1, 0.15) is 22.5 Å². The van der Waals surface area contributed by atoms with Gasteiger partial charge in [0.15, 0.2) is 0 Å². The van der Waals surface area contributed by atoms with Crippen molar-refractivity contribution in [3.8, 4) is 6.07 Å². The van der Waals surface area contributed by atoms with Crippen molar-refractivity contribution in [1.29, 1.82) is 5.26 Å². The zero-order valence-corrected chi connectivity index (χ0v) is 6.63. The van der Waals surface area contributed by atoms with E-state index < -0.39 is 6.56 Å². The minimum Gasteiger partial charge on any atom is -0.377 e. The van der Waals surface area contributed by atoms with Gasteiger partial charge in [0.25, 0.3) is 0 Å². The number of nitrogens with zero attached hydrogens (tertiary/aromatic N) is 1. The summed E-state index contributed by atoms with van der Waals surface area (Å²) in [4.78, 5) is 0. The fourth-order valence-electron chi connectivity index (χ4n) is 1.30. The van der Waals surface area contributed by atoms with Gasteiger partial charge >= 0.3 is 0 Å². The van der Waals surface area contributed by atoms with Gasteiger partial charge in [-0.3, -0.25) is 0 Å². The summed E-state index contributed by atoms with van der Waals surface area (Å²) in [5, 5.41) is 11.6. The monoisotopic (exact) mass is 156 g/mol. The molecule has 1 aliphatic heterocycles. The molecule has 1 N–H and O–H groups in total. The van der Waals surface area contributed by atoms with Crippen LogP contribution in [-0.4, -0.2) is 25.2 Å². The van der Waals surface area contributed by atoms with Gasteiger partial charge in [-0.25, -0.2) is 0 Å². The van der Waals surface area contributed by atoms with Gasteiger partial charge < -0.3 is 10.1 Å². The van der Waals surface area contributed by atoms with Crippen LogP contribution in [0.2, 0.25) is 0 Å². The van der Waals surface area contributed by atoms with E-state index in [1.54, 1.807) is 0 Å². The average Bonchev–Trinajstić information content (AvgIpc) is 2.33. The fraction of sp³-hybridized carbons (Fsp3) is 0.875. The summed E-state index contributed by atoms with van der Waals surface area (Å²) in [5.74, 6) is 0. The second-order valence-electron chi connectivity index (χ2n) is 2.65. The Kier molecular flexibility index (Phi) is 2.35. The predicted octanol–water partition coefficient (Wildman–Crippen LogP) is 0.667. The molecule has 0 amide bonds. The Hall–Kier alpha value is -0.590. The lowest BCUT2D eigenvalue weighted by Crippen LogP contribution is -2.20. The Morgan fingerprint density at radius 2 is 2.73 bits per heavy atom. The molecule has 1 fully saturated rings. The van der Waals surface area contributed by atoms with E-state index in [1.807, 2.05) is 0 Å². The highest BCUT2D eigenvalue weighted by Gasteiger charge is 2.23. The predicted molar refractivity (Wildman–Crippen MR) is 42.1 cm³/mol. The highest BCUT2D eigenvalue weighted by atomic mass is 16.5. The molecule has 0 spiro atoms. The van der Waals surface area contributed by atoms with Crippen LogP contribution in [0.5, 0.6) is 0 Å². The van der Waals surface area contributed by atoms with Crippen molar-refractivity contribution in [1.82, 2.24) is 5.32 Å². The molecule has 62 valence electrons. The lowest BCUT2D eigenvalue weighted by atomic mass is 10.1. The van der Waals surface area contributed by atoms with Crippen LogP contribution in [0, 0.1) is 11.3 Å². The third kappa shape index (κ3) is 2.49. The minimum absolute atomic E-state index is 0.0988. The first kappa shape index (κ1) is 5.99. The molecule has 1 heterocycles. The van der Waals surface area contributed by atoms with Crippen molar-refractivity contribution >= 4 is 0 Å².